The predicted molar refractivity (Wildman–Crippen MR) is 110 cm³/mol. The van der Waals surface area contributed by atoms with Crippen LogP contribution in [0.2, 0.25) is 0 Å². The van der Waals surface area contributed by atoms with Gasteiger partial charge in [0.15, 0.2) is 0 Å². The van der Waals surface area contributed by atoms with E-state index in [2.05, 4.69) is 5.32 Å². The van der Waals surface area contributed by atoms with Crippen molar-refractivity contribution in [3.8, 4) is 11.3 Å². The van der Waals surface area contributed by atoms with Crippen molar-refractivity contribution in [1.29, 1.82) is 0 Å². The van der Waals surface area contributed by atoms with Crippen molar-refractivity contribution in [2.24, 2.45) is 5.92 Å². The Bertz CT molecular complexity index is 987. The standard InChI is InChI=1S/C22H22N2O3S/c1-14(2)22(26)24-10-9-18-16(13-24)12-19(27-18)15-5-7-17(8-6-15)23-21(25)20-4-3-11-28-20/h3-8,11-12,14H,9-10,13H2,1-2H3,(H,23,25). The number of anilines is 1. The average molecular weight is 394 g/mol. The zero-order chi connectivity index (χ0) is 19.7. The highest BCUT2D eigenvalue weighted by Gasteiger charge is 2.25. The lowest BCUT2D eigenvalue weighted by Crippen LogP contribution is -2.37. The molecule has 0 bridgehead atoms. The minimum Gasteiger partial charge on any atom is -0.461 e. The minimum atomic E-state index is -0.105. The fourth-order valence-electron chi connectivity index (χ4n) is 3.35. The predicted octanol–water partition coefficient (Wildman–Crippen LogP) is 4.80. The summed E-state index contributed by atoms with van der Waals surface area (Å²) in [5, 5.41) is 4.78. The minimum absolute atomic E-state index is 0.00449. The Balaban J connectivity index is 1.47. The second kappa shape index (κ2) is 7.64. The number of rotatable bonds is 4. The van der Waals surface area contributed by atoms with Crippen LogP contribution in [0, 0.1) is 5.92 Å². The molecule has 0 spiro atoms. The summed E-state index contributed by atoms with van der Waals surface area (Å²) in [6, 6.07) is 13.3. The summed E-state index contributed by atoms with van der Waals surface area (Å²) in [7, 11) is 0. The molecular formula is C22H22N2O3S. The topological polar surface area (TPSA) is 62.6 Å². The Morgan fingerprint density at radius 2 is 1.96 bits per heavy atom. The van der Waals surface area contributed by atoms with Gasteiger partial charge in [-0.05, 0) is 41.8 Å². The highest BCUT2D eigenvalue weighted by molar-refractivity contribution is 7.12. The molecule has 28 heavy (non-hydrogen) atoms. The number of carbonyl (C=O) groups is 2. The second-order valence-electron chi connectivity index (χ2n) is 7.23. The van der Waals surface area contributed by atoms with Gasteiger partial charge in [0.2, 0.25) is 5.91 Å². The van der Waals surface area contributed by atoms with Gasteiger partial charge in [-0.3, -0.25) is 9.59 Å². The highest BCUT2D eigenvalue weighted by Crippen LogP contribution is 2.30. The van der Waals surface area contributed by atoms with Gasteiger partial charge in [0.25, 0.3) is 5.91 Å². The van der Waals surface area contributed by atoms with Gasteiger partial charge in [0.05, 0.1) is 4.88 Å². The lowest BCUT2D eigenvalue weighted by molar-refractivity contribution is -0.135. The maximum absolute atomic E-state index is 12.3. The fourth-order valence-corrected chi connectivity index (χ4v) is 3.97. The van der Waals surface area contributed by atoms with Crippen LogP contribution in [-0.4, -0.2) is 23.3 Å². The number of fused-ring (bicyclic) bond motifs is 1. The van der Waals surface area contributed by atoms with Gasteiger partial charge in [-0.25, -0.2) is 0 Å². The smallest absolute Gasteiger partial charge is 0.265 e. The van der Waals surface area contributed by atoms with Crippen molar-refractivity contribution in [3.05, 3.63) is 64.0 Å². The SMILES string of the molecule is CC(C)C(=O)N1CCc2oc(-c3ccc(NC(=O)c4cccs4)cc3)cc2C1. The monoisotopic (exact) mass is 394 g/mol. The first-order chi connectivity index (χ1) is 13.5. The molecule has 2 amide bonds. The Morgan fingerprint density at radius 1 is 1.18 bits per heavy atom. The maximum atomic E-state index is 12.3. The molecule has 5 nitrogen and oxygen atoms in total. The van der Waals surface area contributed by atoms with Crippen LogP contribution in [0.3, 0.4) is 0 Å². The van der Waals surface area contributed by atoms with E-state index in [4.69, 9.17) is 4.42 Å². The van der Waals surface area contributed by atoms with E-state index in [1.54, 1.807) is 6.07 Å². The zero-order valence-electron chi connectivity index (χ0n) is 15.9. The normalized spacial score (nSPS) is 13.5. The Hall–Kier alpha value is -2.86. The van der Waals surface area contributed by atoms with Crippen molar-refractivity contribution in [2.45, 2.75) is 26.8 Å². The van der Waals surface area contributed by atoms with E-state index in [1.807, 2.05) is 60.5 Å². The number of hydrogen-bond acceptors (Lipinski definition) is 4. The number of nitrogens with zero attached hydrogens (tertiary/aromatic N) is 1. The van der Waals surface area contributed by atoms with Crippen LogP contribution >= 0.6 is 11.3 Å². The lowest BCUT2D eigenvalue weighted by Gasteiger charge is -2.27. The van der Waals surface area contributed by atoms with Crippen molar-refractivity contribution < 1.29 is 14.0 Å². The molecule has 1 N–H and O–H groups in total. The third-order valence-corrected chi connectivity index (χ3v) is 5.71. The molecule has 4 rings (SSSR count). The van der Waals surface area contributed by atoms with Crippen LogP contribution in [0.4, 0.5) is 5.69 Å². The van der Waals surface area contributed by atoms with E-state index in [-0.39, 0.29) is 17.7 Å². The summed E-state index contributed by atoms with van der Waals surface area (Å²) in [5.74, 6) is 1.83. The van der Waals surface area contributed by atoms with Crippen LogP contribution < -0.4 is 5.32 Å². The molecule has 144 valence electrons. The Morgan fingerprint density at radius 3 is 2.64 bits per heavy atom. The number of amides is 2. The van der Waals surface area contributed by atoms with Crippen LogP contribution in [0.25, 0.3) is 11.3 Å². The van der Waals surface area contributed by atoms with Gasteiger partial charge in [0.1, 0.15) is 11.5 Å². The molecule has 1 aliphatic heterocycles. The van der Waals surface area contributed by atoms with Gasteiger partial charge in [-0.1, -0.05) is 19.9 Å². The average Bonchev–Trinajstić information content (AvgIpc) is 3.37. The number of carbonyl (C=O) groups excluding carboxylic acids is 2. The maximum Gasteiger partial charge on any atom is 0.265 e. The first-order valence-corrected chi connectivity index (χ1v) is 10.2. The van der Waals surface area contributed by atoms with Crippen molar-refractivity contribution in [3.63, 3.8) is 0 Å². The van der Waals surface area contributed by atoms with Gasteiger partial charge in [-0.15, -0.1) is 11.3 Å². The van der Waals surface area contributed by atoms with Crippen LogP contribution in [0.1, 0.15) is 34.8 Å². The highest BCUT2D eigenvalue weighted by atomic mass is 32.1. The van der Waals surface area contributed by atoms with Gasteiger partial charge in [0, 0.05) is 42.2 Å². The Labute approximate surface area is 168 Å². The van der Waals surface area contributed by atoms with E-state index in [9.17, 15) is 9.59 Å². The van der Waals surface area contributed by atoms with Gasteiger partial charge < -0.3 is 14.6 Å². The molecule has 0 saturated heterocycles. The summed E-state index contributed by atoms with van der Waals surface area (Å²) < 4.78 is 6.04. The van der Waals surface area contributed by atoms with E-state index >= 15 is 0 Å². The van der Waals surface area contributed by atoms with Crippen LogP contribution in [-0.2, 0) is 17.8 Å². The molecule has 0 fully saturated rings. The van der Waals surface area contributed by atoms with Gasteiger partial charge >= 0.3 is 0 Å². The molecule has 2 aromatic heterocycles. The molecule has 3 aromatic rings. The van der Waals surface area contributed by atoms with E-state index in [0.29, 0.717) is 18.0 Å². The summed E-state index contributed by atoms with van der Waals surface area (Å²) in [4.78, 5) is 27.0. The number of benzene rings is 1. The van der Waals surface area contributed by atoms with Crippen molar-refractivity contribution in [1.82, 2.24) is 4.90 Å². The molecule has 0 aliphatic carbocycles. The molecule has 0 radical (unpaired) electrons. The fraction of sp³-hybridized carbons (Fsp3) is 0.273. The Kier molecular flexibility index (Phi) is 5.05. The number of nitrogens with one attached hydrogen (secondary N) is 1. The summed E-state index contributed by atoms with van der Waals surface area (Å²) in [6.07, 6.45) is 0.739. The molecule has 0 unspecified atom stereocenters. The summed E-state index contributed by atoms with van der Waals surface area (Å²) >= 11 is 1.41. The molecule has 6 heteroatoms. The van der Waals surface area contributed by atoms with Crippen molar-refractivity contribution in [2.75, 3.05) is 11.9 Å². The third kappa shape index (κ3) is 3.73. The first kappa shape index (κ1) is 18.5. The van der Waals surface area contributed by atoms with Crippen LogP contribution in [0.5, 0.6) is 0 Å². The molecule has 1 aromatic carbocycles. The zero-order valence-corrected chi connectivity index (χ0v) is 16.7. The lowest BCUT2D eigenvalue weighted by atomic mass is 10.1. The van der Waals surface area contributed by atoms with E-state index in [1.165, 1.54) is 11.3 Å². The summed E-state index contributed by atoms with van der Waals surface area (Å²) in [5.41, 5.74) is 2.77. The largest absolute Gasteiger partial charge is 0.461 e. The molecule has 3 heterocycles. The summed E-state index contributed by atoms with van der Waals surface area (Å²) in [6.45, 7) is 5.16. The number of thiophene rings is 1. The molecule has 1 aliphatic rings. The van der Waals surface area contributed by atoms with E-state index < -0.39 is 0 Å². The number of furan rings is 1. The second-order valence-corrected chi connectivity index (χ2v) is 8.18. The van der Waals surface area contributed by atoms with E-state index in [0.717, 1.165) is 34.8 Å². The molecular weight excluding hydrogens is 372 g/mol. The molecule has 0 saturated carbocycles. The third-order valence-electron chi connectivity index (χ3n) is 4.84. The quantitative estimate of drug-likeness (QED) is 0.691. The molecule has 0 atom stereocenters. The van der Waals surface area contributed by atoms with Gasteiger partial charge in [-0.2, -0.15) is 0 Å². The first-order valence-electron chi connectivity index (χ1n) is 9.37. The van der Waals surface area contributed by atoms with Crippen LogP contribution in [0.15, 0.2) is 52.3 Å². The van der Waals surface area contributed by atoms with Crippen molar-refractivity contribution >= 4 is 28.8 Å². The number of hydrogen-bond donors (Lipinski definition) is 1.